The van der Waals surface area contributed by atoms with Gasteiger partial charge < -0.3 is 20.1 Å². The smallest absolute Gasteiger partial charge is 0.408 e. The van der Waals surface area contributed by atoms with Crippen LogP contribution in [0.5, 0.6) is 0 Å². The molecule has 0 fully saturated rings. The third-order valence-electron chi connectivity index (χ3n) is 3.11. The monoisotopic (exact) mass is 390 g/mol. The van der Waals surface area contributed by atoms with Gasteiger partial charge in [-0.05, 0) is 45.4 Å². The lowest BCUT2D eigenvalue weighted by molar-refractivity contribution is -0.124. The lowest BCUT2D eigenvalue weighted by atomic mass is 10.1. The minimum Gasteiger partial charge on any atom is -0.444 e. The van der Waals surface area contributed by atoms with E-state index in [-0.39, 0.29) is 12.5 Å². The molecule has 0 radical (unpaired) electrons. The van der Waals surface area contributed by atoms with E-state index < -0.39 is 23.8 Å². The first-order valence-electron chi connectivity index (χ1n) is 7.77. The van der Waals surface area contributed by atoms with E-state index in [4.69, 9.17) is 32.7 Å². The number of amides is 2. The summed E-state index contributed by atoms with van der Waals surface area (Å²) in [5, 5.41) is 6.21. The van der Waals surface area contributed by atoms with E-state index in [2.05, 4.69) is 10.6 Å². The Bertz CT molecular complexity index is 617. The van der Waals surface area contributed by atoms with E-state index in [1.807, 2.05) is 0 Å². The average Bonchev–Trinajstić information content (AvgIpc) is 2.44. The molecule has 0 saturated carbocycles. The molecule has 2 atom stereocenters. The van der Waals surface area contributed by atoms with Gasteiger partial charge in [-0.25, -0.2) is 4.79 Å². The van der Waals surface area contributed by atoms with Crippen LogP contribution in [0.25, 0.3) is 0 Å². The quantitative estimate of drug-likeness (QED) is 0.775. The van der Waals surface area contributed by atoms with Crippen molar-refractivity contribution in [2.24, 2.45) is 0 Å². The van der Waals surface area contributed by atoms with Crippen LogP contribution >= 0.6 is 23.2 Å². The Morgan fingerprint density at radius 3 is 2.36 bits per heavy atom. The summed E-state index contributed by atoms with van der Waals surface area (Å²) in [6, 6.07) is 3.72. The fraction of sp³-hybridized carbons (Fsp3) is 0.529. The number of hydrogen-bond acceptors (Lipinski definition) is 4. The highest BCUT2D eigenvalue weighted by Gasteiger charge is 2.24. The second-order valence-electron chi connectivity index (χ2n) is 6.55. The Balaban J connectivity index is 2.77. The SMILES string of the molecule is COCC(NC(=O)C(C)NC(=O)OC(C)(C)C)c1ccc(Cl)cc1Cl. The highest BCUT2D eigenvalue weighted by atomic mass is 35.5. The van der Waals surface area contributed by atoms with Gasteiger partial charge in [-0.1, -0.05) is 29.3 Å². The summed E-state index contributed by atoms with van der Waals surface area (Å²) in [7, 11) is 1.52. The van der Waals surface area contributed by atoms with E-state index in [1.54, 1.807) is 45.9 Å². The largest absolute Gasteiger partial charge is 0.444 e. The topological polar surface area (TPSA) is 76.7 Å². The molecule has 1 aromatic carbocycles. The Kier molecular flexibility index (Phi) is 7.99. The Labute approximate surface area is 158 Å². The van der Waals surface area contributed by atoms with Crippen LogP contribution in [0.1, 0.15) is 39.3 Å². The fourth-order valence-corrected chi connectivity index (χ4v) is 2.55. The summed E-state index contributed by atoms with van der Waals surface area (Å²) in [6.07, 6.45) is -0.664. The van der Waals surface area contributed by atoms with Gasteiger partial charge in [0.1, 0.15) is 11.6 Å². The maximum absolute atomic E-state index is 12.4. The molecule has 25 heavy (non-hydrogen) atoms. The summed E-state index contributed by atoms with van der Waals surface area (Å²) in [4.78, 5) is 24.1. The van der Waals surface area contributed by atoms with Crippen LogP contribution in [0, 0.1) is 0 Å². The molecule has 0 aliphatic carbocycles. The first kappa shape index (κ1) is 21.5. The average molecular weight is 391 g/mol. The van der Waals surface area contributed by atoms with E-state index in [0.717, 1.165) is 0 Å². The highest BCUT2D eigenvalue weighted by Crippen LogP contribution is 2.26. The van der Waals surface area contributed by atoms with Crippen LogP contribution in [-0.4, -0.2) is 37.4 Å². The van der Waals surface area contributed by atoms with Crippen molar-refractivity contribution in [3.8, 4) is 0 Å². The molecule has 0 bridgehead atoms. The normalized spacial score (nSPS) is 13.7. The van der Waals surface area contributed by atoms with Gasteiger partial charge in [0.25, 0.3) is 0 Å². The number of benzene rings is 1. The molecule has 140 valence electrons. The molecular weight excluding hydrogens is 367 g/mol. The minimum absolute atomic E-state index is 0.215. The van der Waals surface area contributed by atoms with Crippen LogP contribution in [0.3, 0.4) is 0 Å². The molecule has 2 N–H and O–H groups in total. The van der Waals surface area contributed by atoms with Crippen molar-refractivity contribution in [3.05, 3.63) is 33.8 Å². The standard InChI is InChI=1S/C17H24Cl2N2O4/c1-10(20-16(23)25-17(2,3)4)15(22)21-14(9-24-5)12-7-6-11(18)8-13(12)19/h6-8,10,14H,9H2,1-5H3,(H,20,23)(H,21,22). The molecule has 1 aromatic rings. The van der Waals surface area contributed by atoms with Crippen LogP contribution in [0.2, 0.25) is 10.0 Å². The predicted octanol–water partition coefficient (Wildman–Crippen LogP) is 3.71. The molecule has 0 aliphatic rings. The minimum atomic E-state index is -0.791. The molecule has 8 heteroatoms. The van der Waals surface area contributed by atoms with E-state index in [0.29, 0.717) is 15.6 Å². The van der Waals surface area contributed by atoms with Gasteiger partial charge in [-0.15, -0.1) is 0 Å². The zero-order valence-electron chi connectivity index (χ0n) is 15.0. The van der Waals surface area contributed by atoms with Crippen LogP contribution in [0.15, 0.2) is 18.2 Å². The van der Waals surface area contributed by atoms with Crippen LogP contribution in [0.4, 0.5) is 4.79 Å². The summed E-state index contributed by atoms with van der Waals surface area (Å²) >= 11 is 12.1. The third kappa shape index (κ3) is 7.50. The van der Waals surface area contributed by atoms with Crippen LogP contribution < -0.4 is 10.6 Å². The molecule has 2 amide bonds. The Hall–Kier alpha value is -1.50. The zero-order chi connectivity index (χ0) is 19.2. The van der Waals surface area contributed by atoms with Crippen molar-refractivity contribution in [1.82, 2.24) is 10.6 Å². The third-order valence-corrected chi connectivity index (χ3v) is 3.68. The molecule has 2 unspecified atom stereocenters. The van der Waals surface area contributed by atoms with Crippen molar-refractivity contribution in [2.45, 2.75) is 45.4 Å². The van der Waals surface area contributed by atoms with Crippen LogP contribution in [-0.2, 0) is 14.3 Å². The number of ether oxygens (including phenoxy) is 2. The second kappa shape index (κ2) is 9.27. The number of halogens is 2. The summed E-state index contributed by atoms with van der Waals surface area (Å²) in [6.45, 7) is 7.01. The van der Waals surface area contributed by atoms with Gasteiger partial charge in [0.05, 0.1) is 12.6 Å². The van der Waals surface area contributed by atoms with E-state index in [9.17, 15) is 9.59 Å². The molecule has 0 aliphatic heterocycles. The van der Waals surface area contributed by atoms with Gasteiger partial charge in [0.15, 0.2) is 0 Å². The number of carbonyl (C=O) groups is 2. The van der Waals surface area contributed by atoms with E-state index in [1.165, 1.54) is 7.11 Å². The number of alkyl carbamates (subject to hydrolysis) is 1. The lowest BCUT2D eigenvalue weighted by Gasteiger charge is -2.24. The molecule has 1 rings (SSSR count). The number of methoxy groups -OCH3 is 1. The van der Waals surface area contributed by atoms with Crippen molar-refractivity contribution < 1.29 is 19.1 Å². The number of hydrogen-bond donors (Lipinski definition) is 2. The summed E-state index contributed by atoms with van der Waals surface area (Å²) < 4.78 is 10.3. The summed E-state index contributed by atoms with van der Waals surface area (Å²) in [5.41, 5.74) is 0.0288. The maximum atomic E-state index is 12.4. The summed E-state index contributed by atoms with van der Waals surface area (Å²) in [5.74, 6) is -0.390. The first-order valence-corrected chi connectivity index (χ1v) is 8.53. The van der Waals surface area contributed by atoms with Gasteiger partial charge >= 0.3 is 6.09 Å². The molecule has 0 saturated heterocycles. The second-order valence-corrected chi connectivity index (χ2v) is 7.39. The molecule has 0 spiro atoms. The van der Waals surface area contributed by atoms with Gasteiger partial charge in [-0.3, -0.25) is 4.79 Å². The highest BCUT2D eigenvalue weighted by molar-refractivity contribution is 6.35. The van der Waals surface area contributed by atoms with Gasteiger partial charge in [0.2, 0.25) is 5.91 Å². The lowest BCUT2D eigenvalue weighted by Crippen LogP contribution is -2.47. The molecule has 0 aromatic heterocycles. The Morgan fingerprint density at radius 1 is 1.20 bits per heavy atom. The van der Waals surface area contributed by atoms with E-state index >= 15 is 0 Å². The van der Waals surface area contributed by atoms with Crippen molar-refractivity contribution in [2.75, 3.05) is 13.7 Å². The number of rotatable bonds is 6. The van der Waals surface area contributed by atoms with Crippen molar-refractivity contribution in [1.29, 1.82) is 0 Å². The van der Waals surface area contributed by atoms with Gasteiger partial charge in [0, 0.05) is 17.2 Å². The zero-order valence-corrected chi connectivity index (χ0v) is 16.5. The number of carbonyl (C=O) groups excluding carboxylic acids is 2. The van der Waals surface area contributed by atoms with Crippen molar-refractivity contribution >= 4 is 35.2 Å². The van der Waals surface area contributed by atoms with Crippen molar-refractivity contribution in [3.63, 3.8) is 0 Å². The molecule has 6 nitrogen and oxygen atoms in total. The predicted molar refractivity (Wildman–Crippen MR) is 98.1 cm³/mol. The molecule has 0 heterocycles. The Morgan fingerprint density at radius 2 is 1.84 bits per heavy atom. The number of nitrogens with one attached hydrogen (secondary N) is 2. The fourth-order valence-electron chi connectivity index (χ4n) is 2.01. The maximum Gasteiger partial charge on any atom is 0.408 e. The molecular formula is C17H24Cl2N2O4. The van der Waals surface area contributed by atoms with Gasteiger partial charge in [-0.2, -0.15) is 0 Å². The first-order chi connectivity index (χ1) is 11.5.